The molecule has 0 aliphatic carbocycles. The Morgan fingerprint density at radius 3 is 2.83 bits per heavy atom. The fourth-order valence-corrected chi connectivity index (χ4v) is 2.03. The van der Waals surface area contributed by atoms with E-state index in [2.05, 4.69) is 27.8 Å². The number of pyridine rings is 1. The van der Waals surface area contributed by atoms with Crippen LogP contribution >= 0.6 is 15.9 Å². The Morgan fingerprint density at radius 2 is 2.17 bits per heavy atom. The molecule has 0 saturated carbocycles. The van der Waals surface area contributed by atoms with Gasteiger partial charge in [0, 0.05) is 0 Å². The molecule has 0 N–H and O–H groups in total. The van der Waals surface area contributed by atoms with Crippen LogP contribution in [-0.4, -0.2) is 17.1 Å². The summed E-state index contributed by atoms with van der Waals surface area (Å²) in [5.41, 5.74) is 0.352. The van der Waals surface area contributed by atoms with E-state index in [1.807, 2.05) is 6.92 Å². The zero-order chi connectivity index (χ0) is 13.4. The van der Waals surface area contributed by atoms with Crippen molar-refractivity contribution in [2.45, 2.75) is 52.1 Å². The van der Waals surface area contributed by atoms with Crippen molar-refractivity contribution in [1.29, 1.82) is 0 Å². The Kier molecular flexibility index (Phi) is 6.94. The Balaban J connectivity index is 2.35. The second kappa shape index (κ2) is 8.25. The lowest BCUT2D eigenvalue weighted by Crippen LogP contribution is -2.16. The van der Waals surface area contributed by atoms with Crippen molar-refractivity contribution in [2.24, 2.45) is 0 Å². The largest absolute Gasteiger partial charge is 0.458 e. The molecule has 0 saturated heterocycles. The third-order valence-electron chi connectivity index (χ3n) is 2.70. The van der Waals surface area contributed by atoms with Crippen LogP contribution in [0.4, 0.5) is 0 Å². The summed E-state index contributed by atoms with van der Waals surface area (Å²) < 4.78 is 6.00. The summed E-state index contributed by atoms with van der Waals surface area (Å²) in [6, 6.07) is 5.22. The summed E-state index contributed by atoms with van der Waals surface area (Å²) >= 11 is 3.24. The number of hydrogen-bond acceptors (Lipinski definition) is 3. The van der Waals surface area contributed by atoms with Crippen molar-refractivity contribution in [2.75, 3.05) is 0 Å². The summed E-state index contributed by atoms with van der Waals surface area (Å²) in [7, 11) is 0. The third-order valence-corrected chi connectivity index (χ3v) is 3.14. The monoisotopic (exact) mass is 313 g/mol. The molecule has 0 bridgehead atoms. The normalized spacial score (nSPS) is 12.2. The first-order valence-corrected chi connectivity index (χ1v) is 7.26. The van der Waals surface area contributed by atoms with Gasteiger partial charge in [0.1, 0.15) is 10.3 Å². The van der Waals surface area contributed by atoms with Gasteiger partial charge in [-0.3, -0.25) is 0 Å². The predicted octanol–water partition coefficient (Wildman–Crippen LogP) is 4.36. The van der Waals surface area contributed by atoms with E-state index in [1.165, 1.54) is 19.3 Å². The molecular formula is C14H20BrNO2. The van der Waals surface area contributed by atoms with Crippen LogP contribution in [0.3, 0.4) is 0 Å². The van der Waals surface area contributed by atoms with Gasteiger partial charge >= 0.3 is 5.97 Å². The van der Waals surface area contributed by atoms with Crippen molar-refractivity contribution in [1.82, 2.24) is 4.98 Å². The van der Waals surface area contributed by atoms with E-state index >= 15 is 0 Å². The van der Waals surface area contributed by atoms with Crippen molar-refractivity contribution >= 4 is 21.9 Å². The van der Waals surface area contributed by atoms with Crippen LogP contribution in [0.5, 0.6) is 0 Å². The minimum atomic E-state index is -0.348. The van der Waals surface area contributed by atoms with Gasteiger partial charge in [-0.2, -0.15) is 0 Å². The lowest BCUT2D eigenvalue weighted by Gasteiger charge is -2.12. The maximum absolute atomic E-state index is 11.8. The smallest absolute Gasteiger partial charge is 0.357 e. The highest BCUT2D eigenvalue weighted by molar-refractivity contribution is 9.10. The van der Waals surface area contributed by atoms with Crippen LogP contribution < -0.4 is 0 Å². The number of carbonyl (C=O) groups is 1. The van der Waals surface area contributed by atoms with E-state index in [1.54, 1.807) is 18.2 Å². The number of nitrogens with zero attached hydrogens (tertiary/aromatic N) is 1. The minimum Gasteiger partial charge on any atom is -0.458 e. The van der Waals surface area contributed by atoms with Gasteiger partial charge in [-0.25, -0.2) is 9.78 Å². The molecule has 0 amide bonds. The molecule has 0 aliphatic rings. The maximum Gasteiger partial charge on any atom is 0.357 e. The van der Waals surface area contributed by atoms with E-state index < -0.39 is 0 Å². The van der Waals surface area contributed by atoms with Crippen LogP contribution in [0.25, 0.3) is 0 Å². The number of aromatic nitrogens is 1. The van der Waals surface area contributed by atoms with Gasteiger partial charge in [-0.15, -0.1) is 0 Å². The summed E-state index contributed by atoms with van der Waals surface area (Å²) in [5, 5.41) is 0. The number of hydrogen-bond donors (Lipinski definition) is 0. The van der Waals surface area contributed by atoms with Crippen LogP contribution in [0.15, 0.2) is 22.8 Å². The Bertz CT molecular complexity index is 382. The Morgan fingerprint density at radius 1 is 1.39 bits per heavy atom. The predicted molar refractivity (Wildman–Crippen MR) is 75.6 cm³/mol. The van der Waals surface area contributed by atoms with Gasteiger partial charge in [0.25, 0.3) is 0 Å². The van der Waals surface area contributed by atoms with Gasteiger partial charge in [0.2, 0.25) is 0 Å². The average Bonchev–Trinajstić information content (AvgIpc) is 2.34. The molecule has 4 heteroatoms. The first kappa shape index (κ1) is 15.2. The van der Waals surface area contributed by atoms with E-state index in [-0.39, 0.29) is 12.1 Å². The molecule has 1 heterocycles. The number of ether oxygens (including phenoxy) is 1. The van der Waals surface area contributed by atoms with Gasteiger partial charge in [0.05, 0.1) is 6.10 Å². The lowest BCUT2D eigenvalue weighted by molar-refractivity contribution is 0.0312. The fourth-order valence-electron chi connectivity index (χ4n) is 1.68. The van der Waals surface area contributed by atoms with Gasteiger partial charge in [0.15, 0.2) is 0 Å². The highest BCUT2D eigenvalue weighted by Gasteiger charge is 2.13. The van der Waals surface area contributed by atoms with Crippen molar-refractivity contribution in [3.63, 3.8) is 0 Å². The summed E-state index contributed by atoms with van der Waals surface area (Å²) in [4.78, 5) is 15.9. The molecule has 1 unspecified atom stereocenters. The molecule has 18 heavy (non-hydrogen) atoms. The van der Waals surface area contributed by atoms with E-state index in [9.17, 15) is 4.79 Å². The SMILES string of the molecule is CCCCCCC(C)OC(=O)c1cccc(Br)n1. The van der Waals surface area contributed by atoms with Crippen LogP contribution in [0, 0.1) is 0 Å². The summed E-state index contributed by atoms with van der Waals surface area (Å²) in [6.45, 7) is 4.12. The van der Waals surface area contributed by atoms with Gasteiger partial charge in [-0.1, -0.05) is 32.3 Å². The van der Waals surface area contributed by atoms with E-state index in [0.29, 0.717) is 10.3 Å². The molecule has 0 spiro atoms. The van der Waals surface area contributed by atoms with Crippen molar-refractivity contribution in [3.8, 4) is 0 Å². The highest BCUT2D eigenvalue weighted by atomic mass is 79.9. The second-order valence-corrected chi connectivity index (χ2v) is 5.22. The van der Waals surface area contributed by atoms with E-state index in [0.717, 1.165) is 12.8 Å². The molecular weight excluding hydrogens is 294 g/mol. The van der Waals surface area contributed by atoms with Crippen molar-refractivity contribution < 1.29 is 9.53 Å². The Hall–Kier alpha value is -0.900. The molecule has 0 radical (unpaired) electrons. The fraction of sp³-hybridized carbons (Fsp3) is 0.571. The standard InChI is InChI=1S/C14H20BrNO2/c1-3-4-5-6-8-11(2)18-14(17)12-9-7-10-13(15)16-12/h7,9-11H,3-6,8H2,1-2H3. The molecule has 0 aliphatic heterocycles. The second-order valence-electron chi connectivity index (χ2n) is 4.41. The molecule has 100 valence electrons. The zero-order valence-electron chi connectivity index (χ0n) is 11.0. The van der Waals surface area contributed by atoms with Crippen LogP contribution in [-0.2, 0) is 4.74 Å². The first-order chi connectivity index (χ1) is 8.63. The molecule has 1 aromatic heterocycles. The van der Waals surface area contributed by atoms with Crippen molar-refractivity contribution in [3.05, 3.63) is 28.5 Å². The zero-order valence-corrected chi connectivity index (χ0v) is 12.6. The number of carbonyl (C=O) groups excluding carboxylic acids is 1. The molecule has 0 fully saturated rings. The number of rotatable bonds is 7. The van der Waals surface area contributed by atoms with Gasteiger partial charge in [-0.05, 0) is 47.8 Å². The molecule has 1 atom stereocenters. The van der Waals surface area contributed by atoms with E-state index in [4.69, 9.17) is 4.74 Å². The topological polar surface area (TPSA) is 39.2 Å². The van der Waals surface area contributed by atoms with Crippen LogP contribution in [0.2, 0.25) is 0 Å². The summed E-state index contributed by atoms with van der Waals surface area (Å²) in [6.07, 6.45) is 5.64. The number of halogens is 1. The minimum absolute atomic E-state index is 0.0462. The quantitative estimate of drug-likeness (QED) is 0.426. The average molecular weight is 314 g/mol. The molecule has 3 nitrogen and oxygen atoms in total. The lowest BCUT2D eigenvalue weighted by atomic mass is 10.1. The summed E-state index contributed by atoms with van der Waals surface area (Å²) in [5.74, 6) is -0.348. The third kappa shape index (κ3) is 5.63. The molecule has 1 aromatic rings. The molecule has 1 rings (SSSR count). The number of unbranched alkanes of at least 4 members (excludes halogenated alkanes) is 3. The van der Waals surface area contributed by atoms with Crippen LogP contribution in [0.1, 0.15) is 56.4 Å². The molecule has 0 aromatic carbocycles. The first-order valence-electron chi connectivity index (χ1n) is 6.47. The Labute approximate surface area is 117 Å². The van der Waals surface area contributed by atoms with Gasteiger partial charge < -0.3 is 4.74 Å². The highest BCUT2D eigenvalue weighted by Crippen LogP contribution is 2.11. The number of esters is 1. The maximum atomic E-state index is 11.8.